The normalized spacial score (nSPS) is 14.5. The first kappa shape index (κ1) is 22.1. The summed E-state index contributed by atoms with van der Waals surface area (Å²) in [6, 6.07) is 19.0. The van der Waals surface area contributed by atoms with Crippen molar-refractivity contribution in [2.45, 2.75) is 13.8 Å². The Bertz CT molecular complexity index is 1280. The van der Waals surface area contributed by atoms with Gasteiger partial charge in [-0.3, -0.25) is 9.69 Å². The fraction of sp³-hybridized carbons (Fsp3) is 0.185. The molecule has 3 aromatic carbocycles. The molecule has 6 heteroatoms. The number of methoxy groups -OCH3 is 3. The minimum atomic E-state index is -0.211. The number of para-hydroxylation sites is 1. The molecule has 0 aliphatic carbocycles. The number of amidine groups is 1. The van der Waals surface area contributed by atoms with E-state index in [2.05, 4.69) is 6.07 Å². The highest BCUT2D eigenvalue weighted by Gasteiger charge is 2.34. The molecular weight excluding hydrogens is 416 g/mol. The van der Waals surface area contributed by atoms with Crippen molar-refractivity contribution in [2.75, 3.05) is 26.2 Å². The molecule has 0 bridgehead atoms. The fourth-order valence-corrected chi connectivity index (χ4v) is 3.90. The molecule has 6 nitrogen and oxygen atoms in total. The molecule has 1 aliphatic rings. The first-order chi connectivity index (χ1) is 16.0. The van der Waals surface area contributed by atoms with Crippen LogP contribution in [0.25, 0.3) is 6.08 Å². The molecule has 0 spiro atoms. The fourth-order valence-electron chi connectivity index (χ4n) is 3.90. The molecule has 3 aromatic rings. The number of ether oxygens (including phenoxy) is 3. The van der Waals surface area contributed by atoms with Gasteiger partial charge in [0.2, 0.25) is 0 Å². The topological polar surface area (TPSA) is 60.4 Å². The van der Waals surface area contributed by atoms with Crippen molar-refractivity contribution in [1.82, 2.24) is 0 Å². The van der Waals surface area contributed by atoms with Crippen molar-refractivity contribution < 1.29 is 19.0 Å². The summed E-state index contributed by atoms with van der Waals surface area (Å²) in [5, 5.41) is 0. The van der Waals surface area contributed by atoms with E-state index in [9.17, 15) is 4.79 Å². The molecule has 0 atom stereocenters. The van der Waals surface area contributed by atoms with Crippen LogP contribution in [0.4, 0.5) is 5.69 Å². The van der Waals surface area contributed by atoms with E-state index in [0.717, 1.165) is 27.9 Å². The van der Waals surface area contributed by atoms with Gasteiger partial charge < -0.3 is 14.2 Å². The van der Waals surface area contributed by atoms with E-state index in [4.69, 9.17) is 19.2 Å². The predicted octanol–water partition coefficient (Wildman–Crippen LogP) is 5.16. The Hall–Kier alpha value is -4.06. The van der Waals surface area contributed by atoms with Crippen LogP contribution in [0.3, 0.4) is 0 Å². The second-order valence-corrected chi connectivity index (χ2v) is 7.71. The van der Waals surface area contributed by atoms with Crippen molar-refractivity contribution in [3.8, 4) is 17.2 Å². The molecule has 1 aliphatic heterocycles. The number of hydrogen-bond acceptors (Lipinski definition) is 5. The van der Waals surface area contributed by atoms with Crippen molar-refractivity contribution in [1.29, 1.82) is 0 Å². The van der Waals surface area contributed by atoms with Crippen molar-refractivity contribution >= 4 is 23.5 Å². The summed E-state index contributed by atoms with van der Waals surface area (Å²) in [5.41, 5.74) is 4.73. The number of benzene rings is 3. The van der Waals surface area contributed by atoms with Crippen LogP contribution < -0.4 is 19.1 Å². The summed E-state index contributed by atoms with van der Waals surface area (Å²) in [7, 11) is 4.77. The van der Waals surface area contributed by atoms with Gasteiger partial charge in [0.25, 0.3) is 5.91 Å². The third-order valence-corrected chi connectivity index (χ3v) is 5.53. The molecule has 0 N–H and O–H groups in total. The van der Waals surface area contributed by atoms with E-state index in [-0.39, 0.29) is 5.91 Å². The molecule has 0 saturated carbocycles. The Morgan fingerprint density at radius 1 is 0.818 bits per heavy atom. The van der Waals surface area contributed by atoms with E-state index in [1.54, 1.807) is 32.3 Å². The minimum Gasteiger partial charge on any atom is -0.496 e. The lowest BCUT2D eigenvalue weighted by molar-refractivity contribution is -0.113. The molecule has 0 saturated heterocycles. The van der Waals surface area contributed by atoms with Gasteiger partial charge in [-0.15, -0.1) is 0 Å². The summed E-state index contributed by atoms with van der Waals surface area (Å²) in [5.74, 6) is 2.15. The monoisotopic (exact) mass is 442 g/mol. The highest BCUT2D eigenvalue weighted by Crippen LogP contribution is 2.34. The molecule has 0 radical (unpaired) electrons. The molecule has 0 aromatic heterocycles. The summed E-state index contributed by atoms with van der Waals surface area (Å²) >= 11 is 0. The van der Waals surface area contributed by atoms with Gasteiger partial charge in [0.1, 0.15) is 17.3 Å². The molecular formula is C27H26N2O4. The number of hydrogen-bond donors (Lipinski definition) is 0. The second kappa shape index (κ2) is 9.20. The van der Waals surface area contributed by atoms with Crippen LogP contribution in [0.1, 0.15) is 22.3 Å². The van der Waals surface area contributed by atoms with Crippen LogP contribution in [-0.4, -0.2) is 33.1 Å². The average Bonchev–Trinajstić information content (AvgIpc) is 3.14. The third kappa shape index (κ3) is 4.20. The molecule has 168 valence electrons. The van der Waals surface area contributed by atoms with Gasteiger partial charge >= 0.3 is 0 Å². The summed E-state index contributed by atoms with van der Waals surface area (Å²) < 4.78 is 16.3. The Balaban J connectivity index is 1.89. The van der Waals surface area contributed by atoms with Gasteiger partial charge in [-0.2, -0.15) is 0 Å². The number of amides is 1. The highest BCUT2D eigenvalue weighted by molar-refractivity contribution is 6.33. The lowest BCUT2D eigenvalue weighted by Gasteiger charge is -2.21. The molecule has 0 fully saturated rings. The van der Waals surface area contributed by atoms with E-state index in [0.29, 0.717) is 28.8 Å². The van der Waals surface area contributed by atoms with Gasteiger partial charge in [0.15, 0.2) is 11.5 Å². The van der Waals surface area contributed by atoms with Crippen molar-refractivity contribution in [2.24, 2.45) is 4.99 Å². The van der Waals surface area contributed by atoms with E-state index < -0.39 is 0 Å². The van der Waals surface area contributed by atoms with Gasteiger partial charge in [-0.05, 0) is 55.8 Å². The smallest absolute Gasteiger partial charge is 0.282 e. The van der Waals surface area contributed by atoms with E-state index in [1.165, 1.54) is 0 Å². The average molecular weight is 443 g/mol. The number of rotatable bonds is 6. The lowest BCUT2D eigenvalue weighted by atomic mass is 10.1. The predicted molar refractivity (Wildman–Crippen MR) is 130 cm³/mol. The number of carbonyl (C=O) groups excluding carboxylic acids is 1. The van der Waals surface area contributed by atoms with Gasteiger partial charge in [0.05, 0.1) is 27.0 Å². The number of nitrogens with zero attached hydrogens (tertiary/aromatic N) is 2. The van der Waals surface area contributed by atoms with E-state index in [1.807, 2.05) is 68.4 Å². The number of carbonyl (C=O) groups is 1. The minimum absolute atomic E-state index is 0.211. The largest absolute Gasteiger partial charge is 0.496 e. The lowest BCUT2D eigenvalue weighted by Crippen LogP contribution is -2.33. The van der Waals surface area contributed by atoms with Crippen LogP contribution in [0, 0.1) is 13.8 Å². The summed E-state index contributed by atoms with van der Waals surface area (Å²) in [4.78, 5) is 20.1. The van der Waals surface area contributed by atoms with Crippen LogP contribution in [0.15, 0.2) is 71.4 Å². The Kier molecular flexibility index (Phi) is 6.18. The maximum absolute atomic E-state index is 13.7. The first-order valence-corrected chi connectivity index (χ1v) is 10.5. The zero-order valence-electron chi connectivity index (χ0n) is 19.4. The quantitative estimate of drug-likeness (QED) is 0.495. The summed E-state index contributed by atoms with van der Waals surface area (Å²) in [6.45, 7) is 4.02. The van der Waals surface area contributed by atoms with Crippen molar-refractivity contribution in [3.63, 3.8) is 0 Å². The molecule has 33 heavy (non-hydrogen) atoms. The Morgan fingerprint density at radius 3 is 2.24 bits per heavy atom. The van der Waals surface area contributed by atoms with Crippen LogP contribution in [0.5, 0.6) is 17.2 Å². The molecule has 0 unspecified atom stereocenters. The van der Waals surface area contributed by atoms with Crippen LogP contribution >= 0.6 is 0 Å². The zero-order chi connectivity index (χ0) is 23.5. The molecule has 1 heterocycles. The zero-order valence-corrected chi connectivity index (χ0v) is 19.4. The number of anilines is 1. The van der Waals surface area contributed by atoms with Crippen molar-refractivity contribution in [3.05, 3.63) is 88.6 Å². The standard InChI is InChI=1S/C27H26N2O4/c1-17-10-12-22(18(2)14-17)29-26(20-11-13-24(32-4)25(16-20)33-5)28-21(27(29)30)15-19-8-6-7-9-23(19)31-3/h6-16H,1-5H3. The molecule has 1 amide bonds. The Labute approximate surface area is 193 Å². The van der Waals surface area contributed by atoms with Gasteiger partial charge in [-0.25, -0.2) is 4.99 Å². The first-order valence-electron chi connectivity index (χ1n) is 10.5. The second-order valence-electron chi connectivity index (χ2n) is 7.71. The van der Waals surface area contributed by atoms with E-state index >= 15 is 0 Å². The van der Waals surface area contributed by atoms with Gasteiger partial charge in [0, 0.05) is 11.1 Å². The third-order valence-electron chi connectivity index (χ3n) is 5.53. The SMILES string of the molecule is COc1ccccc1C=C1N=C(c2ccc(OC)c(OC)c2)N(c2ccc(C)cc2C)C1=O. The Morgan fingerprint density at radius 2 is 1.55 bits per heavy atom. The van der Waals surface area contributed by atoms with Gasteiger partial charge in [-0.1, -0.05) is 35.9 Å². The van der Waals surface area contributed by atoms with Crippen LogP contribution in [0.2, 0.25) is 0 Å². The number of aliphatic imine (C=N–C) groups is 1. The van der Waals surface area contributed by atoms with Crippen LogP contribution in [-0.2, 0) is 4.79 Å². The highest BCUT2D eigenvalue weighted by atomic mass is 16.5. The molecule has 4 rings (SSSR count). The maximum atomic E-state index is 13.7. The maximum Gasteiger partial charge on any atom is 0.282 e. The summed E-state index contributed by atoms with van der Waals surface area (Å²) in [6.07, 6.45) is 1.76. The number of aryl methyl sites for hydroxylation is 2.